The van der Waals surface area contributed by atoms with Gasteiger partial charge in [0, 0.05) is 6.61 Å². The van der Waals surface area contributed by atoms with Crippen molar-refractivity contribution in [2.45, 2.75) is 65.3 Å². The molecular weight excluding hydrogens is 336 g/mol. The molecule has 0 fully saturated rings. The lowest BCUT2D eigenvalue weighted by molar-refractivity contribution is 0.315. The van der Waals surface area contributed by atoms with Gasteiger partial charge in [-0.15, -0.1) is 0 Å². The van der Waals surface area contributed by atoms with Crippen molar-refractivity contribution < 1.29 is 13.3 Å². The normalized spacial score (nSPS) is 13.1. The van der Waals surface area contributed by atoms with Gasteiger partial charge in [0.2, 0.25) is 16.6 Å². The maximum Gasteiger partial charge on any atom is 0.242 e. The second-order valence-corrected chi connectivity index (χ2v) is 22.3. The molecule has 0 saturated heterocycles. The molecule has 0 aliphatic rings. The van der Waals surface area contributed by atoms with Gasteiger partial charge >= 0.3 is 0 Å². The standard InChI is InChI=1S/C17H34O3Si3/c1-21(2,3)18-13-12-15-10-11-16(19-22(4,5)6)17(14-15)20-23(7,8)9/h10-11,14H,12-13H2,1-9H3. The molecule has 1 aromatic carbocycles. The van der Waals surface area contributed by atoms with Crippen LogP contribution in [0.5, 0.6) is 11.5 Å². The third-order valence-electron chi connectivity index (χ3n) is 2.77. The van der Waals surface area contributed by atoms with Crippen molar-refractivity contribution in [1.82, 2.24) is 0 Å². The topological polar surface area (TPSA) is 27.7 Å². The Kier molecular flexibility index (Phi) is 6.72. The fourth-order valence-corrected chi connectivity index (χ4v) is 4.37. The van der Waals surface area contributed by atoms with Crippen molar-refractivity contribution in [2.75, 3.05) is 6.61 Å². The van der Waals surface area contributed by atoms with Crippen LogP contribution in [0.1, 0.15) is 5.56 Å². The highest BCUT2D eigenvalue weighted by molar-refractivity contribution is 6.71. The van der Waals surface area contributed by atoms with Gasteiger partial charge in [-0.3, -0.25) is 0 Å². The zero-order valence-electron chi connectivity index (χ0n) is 16.4. The Bertz CT molecular complexity index is 511. The number of rotatable bonds is 8. The van der Waals surface area contributed by atoms with Crippen LogP contribution in [0.15, 0.2) is 18.2 Å². The molecule has 0 amide bonds. The van der Waals surface area contributed by atoms with E-state index in [1.54, 1.807) is 0 Å². The third kappa shape index (κ3) is 9.34. The number of hydrogen-bond acceptors (Lipinski definition) is 3. The molecule has 0 atom stereocenters. The maximum absolute atomic E-state index is 6.27. The van der Waals surface area contributed by atoms with Crippen molar-refractivity contribution in [1.29, 1.82) is 0 Å². The second-order valence-electron chi connectivity index (χ2n) is 8.92. The summed E-state index contributed by atoms with van der Waals surface area (Å²) in [6.45, 7) is 20.6. The van der Waals surface area contributed by atoms with Gasteiger partial charge in [0.25, 0.3) is 0 Å². The van der Waals surface area contributed by atoms with Crippen molar-refractivity contribution in [3.63, 3.8) is 0 Å². The highest BCUT2D eigenvalue weighted by Crippen LogP contribution is 2.32. The summed E-state index contributed by atoms with van der Waals surface area (Å²) in [6.07, 6.45) is 0.916. The van der Waals surface area contributed by atoms with Crippen LogP contribution in [0.4, 0.5) is 0 Å². The van der Waals surface area contributed by atoms with Gasteiger partial charge in [0.05, 0.1) is 0 Å². The zero-order chi connectivity index (χ0) is 17.9. The second kappa shape index (κ2) is 7.55. The van der Waals surface area contributed by atoms with E-state index in [1.807, 2.05) is 0 Å². The Morgan fingerprint density at radius 1 is 0.696 bits per heavy atom. The van der Waals surface area contributed by atoms with Gasteiger partial charge in [-0.1, -0.05) is 6.07 Å². The van der Waals surface area contributed by atoms with Gasteiger partial charge in [-0.25, -0.2) is 0 Å². The summed E-state index contributed by atoms with van der Waals surface area (Å²) in [5.74, 6) is 1.79. The first-order chi connectivity index (χ1) is 10.3. The Morgan fingerprint density at radius 2 is 1.22 bits per heavy atom. The first-order valence-corrected chi connectivity index (χ1v) is 18.6. The van der Waals surface area contributed by atoms with Crippen LogP contribution < -0.4 is 8.85 Å². The molecule has 1 rings (SSSR count). The maximum atomic E-state index is 6.27. The van der Waals surface area contributed by atoms with E-state index in [-0.39, 0.29) is 0 Å². The Labute approximate surface area is 145 Å². The first kappa shape index (κ1) is 20.5. The summed E-state index contributed by atoms with van der Waals surface area (Å²) in [6, 6.07) is 6.35. The van der Waals surface area contributed by atoms with Crippen LogP contribution >= 0.6 is 0 Å². The average Bonchev–Trinajstić information content (AvgIpc) is 2.27. The van der Waals surface area contributed by atoms with Crippen LogP contribution in [0.25, 0.3) is 0 Å². The summed E-state index contributed by atoms with van der Waals surface area (Å²) in [7, 11) is -4.78. The molecule has 6 heteroatoms. The van der Waals surface area contributed by atoms with E-state index in [9.17, 15) is 0 Å². The van der Waals surface area contributed by atoms with E-state index in [4.69, 9.17) is 13.3 Å². The third-order valence-corrected chi connectivity index (χ3v) is 5.50. The number of hydrogen-bond donors (Lipinski definition) is 0. The van der Waals surface area contributed by atoms with E-state index >= 15 is 0 Å². The Hall–Kier alpha value is -0.569. The fraction of sp³-hybridized carbons (Fsp3) is 0.647. The van der Waals surface area contributed by atoms with Crippen LogP contribution in [-0.2, 0) is 10.8 Å². The minimum Gasteiger partial charge on any atom is -0.542 e. The summed E-state index contributed by atoms with van der Waals surface area (Å²) >= 11 is 0. The largest absolute Gasteiger partial charge is 0.542 e. The first-order valence-electron chi connectivity index (χ1n) is 8.40. The molecule has 3 nitrogen and oxygen atoms in total. The zero-order valence-corrected chi connectivity index (χ0v) is 19.4. The van der Waals surface area contributed by atoms with Gasteiger partial charge in [-0.05, 0) is 83.0 Å². The highest BCUT2D eigenvalue weighted by atomic mass is 28.4. The molecule has 0 aliphatic heterocycles. The molecule has 0 unspecified atom stereocenters. The molecule has 132 valence electrons. The van der Waals surface area contributed by atoms with Gasteiger partial charge in [0.1, 0.15) is 11.5 Å². The molecule has 0 spiro atoms. The molecule has 0 aromatic heterocycles. The molecular formula is C17H34O3Si3. The van der Waals surface area contributed by atoms with Gasteiger partial charge < -0.3 is 13.3 Å². The number of benzene rings is 1. The van der Waals surface area contributed by atoms with E-state index in [0.717, 1.165) is 24.5 Å². The van der Waals surface area contributed by atoms with Gasteiger partial charge in [-0.2, -0.15) is 0 Å². The van der Waals surface area contributed by atoms with Gasteiger partial charge in [0.15, 0.2) is 8.32 Å². The van der Waals surface area contributed by atoms with E-state index in [2.05, 4.69) is 77.1 Å². The average molecular weight is 371 g/mol. The van der Waals surface area contributed by atoms with Crippen LogP contribution in [-0.4, -0.2) is 31.6 Å². The van der Waals surface area contributed by atoms with Crippen molar-refractivity contribution in [3.8, 4) is 11.5 Å². The molecule has 1 aromatic rings. The van der Waals surface area contributed by atoms with E-state index in [1.165, 1.54) is 5.56 Å². The predicted molar refractivity (Wildman–Crippen MR) is 107 cm³/mol. The summed E-state index contributed by atoms with van der Waals surface area (Å²) in [4.78, 5) is 0. The molecule has 0 saturated carbocycles. The minimum absolute atomic E-state index is 0.774. The fourth-order valence-electron chi connectivity index (χ4n) is 2.01. The van der Waals surface area contributed by atoms with Crippen molar-refractivity contribution in [2.24, 2.45) is 0 Å². The quantitative estimate of drug-likeness (QED) is 0.565. The van der Waals surface area contributed by atoms with Crippen molar-refractivity contribution in [3.05, 3.63) is 23.8 Å². The predicted octanol–water partition coefficient (Wildman–Crippen LogP) is 5.51. The summed E-state index contributed by atoms with van der Waals surface area (Å²) in [5, 5.41) is 0. The SMILES string of the molecule is C[Si](C)(C)OCCc1ccc(O[Si](C)(C)C)c(O[Si](C)(C)C)c1. The molecule has 0 N–H and O–H groups in total. The minimum atomic E-state index is -1.68. The molecule has 23 heavy (non-hydrogen) atoms. The summed E-state index contributed by atoms with van der Waals surface area (Å²) in [5.41, 5.74) is 1.25. The van der Waals surface area contributed by atoms with Crippen LogP contribution in [0.3, 0.4) is 0 Å². The monoisotopic (exact) mass is 370 g/mol. The van der Waals surface area contributed by atoms with Crippen molar-refractivity contribution >= 4 is 25.0 Å². The molecule has 0 heterocycles. The van der Waals surface area contributed by atoms with Crippen LogP contribution in [0, 0.1) is 0 Å². The summed E-state index contributed by atoms with van der Waals surface area (Å²) < 4.78 is 18.4. The lowest BCUT2D eigenvalue weighted by Crippen LogP contribution is -2.32. The lowest BCUT2D eigenvalue weighted by Gasteiger charge is -2.26. The molecule has 0 radical (unpaired) electrons. The van der Waals surface area contributed by atoms with E-state index in [0.29, 0.717) is 0 Å². The highest BCUT2D eigenvalue weighted by Gasteiger charge is 2.23. The van der Waals surface area contributed by atoms with E-state index < -0.39 is 25.0 Å². The molecule has 0 aliphatic carbocycles. The smallest absolute Gasteiger partial charge is 0.242 e. The Morgan fingerprint density at radius 3 is 1.70 bits per heavy atom. The molecule has 0 bridgehead atoms. The van der Waals surface area contributed by atoms with Crippen LogP contribution in [0.2, 0.25) is 58.9 Å². The Balaban J connectivity index is 2.93. The lowest BCUT2D eigenvalue weighted by atomic mass is 10.1.